The molecule has 6 heterocycles. The number of nitrogens with zero attached hydrogens (tertiary/aromatic N) is 5. The van der Waals surface area contributed by atoms with Crippen molar-refractivity contribution in [2.75, 3.05) is 36.9 Å². The fourth-order valence-corrected chi connectivity index (χ4v) is 5.78. The Hall–Kier alpha value is -3.91. The van der Waals surface area contributed by atoms with E-state index < -0.39 is 0 Å². The number of amides is 1. The minimum atomic E-state index is -0.0737. The Morgan fingerprint density at radius 3 is 3.03 bits per heavy atom. The van der Waals surface area contributed by atoms with Crippen molar-refractivity contribution in [1.29, 1.82) is 0 Å². The normalized spacial score (nSPS) is 19.3. The molecule has 3 aromatic heterocycles. The van der Waals surface area contributed by atoms with E-state index in [0.29, 0.717) is 25.2 Å². The van der Waals surface area contributed by atoms with Gasteiger partial charge in [-0.25, -0.2) is 9.50 Å². The molecule has 0 saturated carbocycles. The number of aromatic nitrogens is 3. The SMILES string of the molecule is [2H]CN1CCN2c3cnc(Nc4ccc(-c5cnn6cc(C)ccc56)c5c4C(=O)NC5)cc3CC2C1. The van der Waals surface area contributed by atoms with Gasteiger partial charge in [0.1, 0.15) is 5.82 Å². The lowest BCUT2D eigenvalue weighted by Crippen LogP contribution is -2.50. The Morgan fingerprint density at radius 2 is 2.11 bits per heavy atom. The van der Waals surface area contributed by atoms with Crippen LogP contribution < -0.4 is 15.5 Å². The second-order valence-electron chi connectivity index (χ2n) is 9.74. The lowest BCUT2D eigenvalue weighted by Gasteiger charge is -2.37. The van der Waals surface area contributed by atoms with E-state index in [1.165, 1.54) is 11.3 Å². The van der Waals surface area contributed by atoms with Crippen molar-refractivity contribution >= 4 is 28.6 Å². The molecule has 1 unspecified atom stereocenters. The number of anilines is 3. The van der Waals surface area contributed by atoms with Crippen LogP contribution in [0, 0.1) is 6.92 Å². The molecule has 8 heteroatoms. The number of hydrogen-bond donors (Lipinski definition) is 2. The molecule has 7 rings (SSSR count). The second-order valence-corrected chi connectivity index (χ2v) is 9.74. The first-order valence-corrected chi connectivity index (χ1v) is 12.0. The molecule has 1 saturated heterocycles. The number of rotatable bonds is 3. The summed E-state index contributed by atoms with van der Waals surface area (Å²) < 4.78 is 9.59. The zero-order chi connectivity index (χ0) is 24.4. The van der Waals surface area contributed by atoms with E-state index >= 15 is 0 Å². The molecule has 1 atom stereocenters. The van der Waals surface area contributed by atoms with Crippen LogP contribution in [0.1, 0.15) is 28.4 Å². The minimum absolute atomic E-state index is 0.0737. The highest BCUT2D eigenvalue weighted by Crippen LogP contribution is 2.38. The third kappa shape index (κ3) is 3.20. The standard InChI is InChI=1S/C27H27N7O/c1-16-3-6-23-20(12-30-34(23)14-16)19-4-5-22(26-21(19)11-29-27(26)35)31-25-10-17-9-18-15-32(2)7-8-33(18)24(17)13-28-25/h3-6,10,12-14,18H,7-9,11,15H2,1-2H3,(H,28,31)(H,29,35)/i2D. The molecule has 1 amide bonds. The number of benzene rings is 1. The average Bonchev–Trinajstić information content (AvgIpc) is 3.58. The highest BCUT2D eigenvalue weighted by Gasteiger charge is 2.34. The number of nitrogens with one attached hydrogen (secondary N) is 2. The predicted octanol–water partition coefficient (Wildman–Crippen LogP) is 3.37. The molecule has 1 aromatic carbocycles. The van der Waals surface area contributed by atoms with E-state index in [0.717, 1.165) is 65.3 Å². The summed E-state index contributed by atoms with van der Waals surface area (Å²) in [5, 5.41) is 11.0. The van der Waals surface area contributed by atoms with E-state index in [1.54, 1.807) is 0 Å². The van der Waals surface area contributed by atoms with Crippen LogP contribution in [-0.4, -0.2) is 58.1 Å². The summed E-state index contributed by atoms with van der Waals surface area (Å²) in [6.07, 6.45) is 6.78. The quantitative estimate of drug-likeness (QED) is 0.482. The molecule has 2 N–H and O–H groups in total. The third-order valence-corrected chi connectivity index (χ3v) is 7.48. The number of hydrogen-bond acceptors (Lipinski definition) is 6. The molecule has 0 bridgehead atoms. The third-order valence-electron chi connectivity index (χ3n) is 7.48. The van der Waals surface area contributed by atoms with Crippen LogP contribution in [0.5, 0.6) is 0 Å². The van der Waals surface area contributed by atoms with Gasteiger partial charge in [0.05, 0.1) is 34.8 Å². The van der Waals surface area contributed by atoms with Gasteiger partial charge in [0.2, 0.25) is 0 Å². The molecule has 176 valence electrons. The van der Waals surface area contributed by atoms with Gasteiger partial charge in [-0.15, -0.1) is 0 Å². The average molecular weight is 467 g/mol. The Balaban J connectivity index is 1.22. The van der Waals surface area contributed by atoms with Crippen LogP contribution in [0.4, 0.5) is 17.2 Å². The fourth-order valence-electron chi connectivity index (χ4n) is 5.78. The summed E-state index contributed by atoms with van der Waals surface area (Å²) in [7, 11) is 0.351. The Kier molecular flexibility index (Phi) is 4.18. The van der Waals surface area contributed by atoms with Crippen LogP contribution in [0.25, 0.3) is 16.6 Å². The van der Waals surface area contributed by atoms with Gasteiger partial charge in [0, 0.05) is 45.4 Å². The summed E-state index contributed by atoms with van der Waals surface area (Å²) in [6, 6.07) is 10.7. The molecule has 4 aromatic rings. The molecular formula is C27H27N7O. The maximum absolute atomic E-state index is 12.9. The van der Waals surface area contributed by atoms with Gasteiger partial charge in [0.25, 0.3) is 5.91 Å². The minimum Gasteiger partial charge on any atom is -0.364 e. The fraction of sp³-hybridized carbons (Fsp3) is 0.296. The number of carbonyl (C=O) groups is 1. The van der Waals surface area contributed by atoms with Gasteiger partial charge in [-0.1, -0.05) is 12.1 Å². The van der Waals surface area contributed by atoms with Crippen LogP contribution in [0.2, 0.25) is 0 Å². The summed E-state index contributed by atoms with van der Waals surface area (Å²) in [6.45, 7) is 5.30. The largest absolute Gasteiger partial charge is 0.364 e. The number of carbonyl (C=O) groups excluding carboxylic acids is 1. The highest BCUT2D eigenvalue weighted by atomic mass is 16.1. The van der Waals surface area contributed by atoms with Crippen molar-refractivity contribution in [1.82, 2.24) is 24.8 Å². The van der Waals surface area contributed by atoms with Crippen LogP contribution in [-0.2, 0) is 13.0 Å². The lowest BCUT2D eigenvalue weighted by molar-refractivity contribution is 0.0966. The molecule has 3 aliphatic heterocycles. The van der Waals surface area contributed by atoms with E-state index in [2.05, 4.69) is 49.8 Å². The number of aryl methyl sites for hydroxylation is 1. The number of piperazine rings is 1. The molecule has 35 heavy (non-hydrogen) atoms. The summed E-state index contributed by atoms with van der Waals surface area (Å²) in [5.41, 5.74) is 9.07. The van der Waals surface area contributed by atoms with Crippen molar-refractivity contribution in [2.45, 2.75) is 25.9 Å². The molecule has 0 radical (unpaired) electrons. The van der Waals surface area contributed by atoms with E-state index in [9.17, 15) is 4.79 Å². The Bertz CT molecular complexity index is 1530. The summed E-state index contributed by atoms with van der Waals surface area (Å²) in [4.78, 5) is 22.2. The molecule has 3 aliphatic rings. The molecule has 0 spiro atoms. The van der Waals surface area contributed by atoms with E-state index in [-0.39, 0.29) is 5.91 Å². The number of likely N-dealkylation sites (N-methyl/N-ethyl adjacent to an activating group) is 1. The van der Waals surface area contributed by atoms with E-state index in [4.69, 9.17) is 6.35 Å². The van der Waals surface area contributed by atoms with Crippen molar-refractivity contribution in [3.63, 3.8) is 0 Å². The Morgan fingerprint density at radius 1 is 1.17 bits per heavy atom. The summed E-state index contributed by atoms with van der Waals surface area (Å²) in [5.74, 6) is 0.669. The molecule has 8 nitrogen and oxygen atoms in total. The first-order chi connectivity index (χ1) is 17.6. The van der Waals surface area contributed by atoms with Gasteiger partial charge in [-0.3, -0.25) is 4.79 Å². The second kappa shape index (κ2) is 7.55. The Labute approximate surface area is 205 Å². The zero-order valence-corrected chi connectivity index (χ0v) is 19.6. The predicted molar refractivity (Wildman–Crippen MR) is 136 cm³/mol. The van der Waals surface area contributed by atoms with Crippen LogP contribution >= 0.6 is 0 Å². The van der Waals surface area contributed by atoms with Crippen molar-refractivity contribution < 1.29 is 6.17 Å². The van der Waals surface area contributed by atoms with Crippen molar-refractivity contribution in [2.24, 2.45) is 0 Å². The molecule has 0 aliphatic carbocycles. The lowest BCUT2D eigenvalue weighted by atomic mass is 9.96. The zero-order valence-electron chi connectivity index (χ0n) is 20.6. The van der Waals surface area contributed by atoms with Crippen LogP contribution in [0.15, 0.2) is 48.9 Å². The van der Waals surface area contributed by atoms with Crippen LogP contribution in [0.3, 0.4) is 0 Å². The number of pyridine rings is 2. The van der Waals surface area contributed by atoms with Gasteiger partial charge in [0.15, 0.2) is 0 Å². The highest BCUT2D eigenvalue weighted by molar-refractivity contribution is 6.06. The molecular weight excluding hydrogens is 438 g/mol. The monoisotopic (exact) mass is 466 g/mol. The van der Waals surface area contributed by atoms with E-state index in [1.807, 2.05) is 36.1 Å². The maximum atomic E-state index is 12.9. The first-order valence-electron chi connectivity index (χ1n) is 12.7. The van der Waals surface area contributed by atoms with Gasteiger partial charge >= 0.3 is 0 Å². The van der Waals surface area contributed by atoms with Gasteiger partial charge < -0.3 is 20.4 Å². The van der Waals surface area contributed by atoms with Crippen molar-refractivity contribution in [3.8, 4) is 11.1 Å². The smallest absolute Gasteiger partial charge is 0.254 e. The van der Waals surface area contributed by atoms with Crippen molar-refractivity contribution in [3.05, 3.63) is 71.2 Å². The topological polar surface area (TPSA) is 77.8 Å². The summed E-state index contributed by atoms with van der Waals surface area (Å²) >= 11 is 0. The van der Waals surface area contributed by atoms with Gasteiger partial charge in [-0.2, -0.15) is 5.10 Å². The maximum Gasteiger partial charge on any atom is 0.254 e. The first kappa shape index (κ1) is 19.4. The molecule has 1 fully saturated rings. The van der Waals surface area contributed by atoms with Gasteiger partial charge in [-0.05, 0) is 60.8 Å². The number of fused-ring (bicyclic) bond motifs is 5.